The van der Waals surface area contributed by atoms with Crippen molar-refractivity contribution in [3.8, 4) is 0 Å². The van der Waals surface area contributed by atoms with Gasteiger partial charge in [-0.15, -0.1) is 12.4 Å². The zero-order valence-corrected chi connectivity index (χ0v) is 8.01. The molecule has 3 heteroatoms. The van der Waals surface area contributed by atoms with Crippen molar-refractivity contribution in [2.45, 2.75) is 18.8 Å². The highest BCUT2D eigenvalue weighted by Crippen LogP contribution is 2.39. The summed E-state index contributed by atoms with van der Waals surface area (Å²) in [5.41, 5.74) is 7.05. The average molecular weight is 198 g/mol. The van der Waals surface area contributed by atoms with Crippen molar-refractivity contribution >= 4 is 18.3 Å². The van der Waals surface area contributed by atoms with Gasteiger partial charge in [0.25, 0.3) is 0 Å². The number of hydrogen-bond acceptors (Lipinski definition) is 1. The first-order chi connectivity index (χ1) is 5.77. The molecule has 2 N–H and O–H groups in total. The number of carbonyl (C=O) groups excluding carboxylic acids is 1. The Hall–Kier alpha value is -1.02. The van der Waals surface area contributed by atoms with Crippen molar-refractivity contribution in [2.75, 3.05) is 0 Å². The molecule has 0 aliphatic heterocycles. The lowest BCUT2D eigenvalue weighted by molar-refractivity contribution is 0.100. The van der Waals surface area contributed by atoms with Crippen molar-refractivity contribution in [3.05, 3.63) is 35.4 Å². The smallest absolute Gasteiger partial charge is 0.248 e. The van der Waals surface area contributed by atoms with Crippen LogP contribution in [0.15, 0.2) is 24.3 Å². The topological polar surface area (TPSA) is 43.1 Å². The maximum Gasteiger partial charge on any atom is 0.248 e. The third-order valence-corrected chi connectivity index (χ3v) is 2.24. The quantitative estimate of drug-likeness (QED) is 0.775. The van der Waals surface area contributed by atoms with Gasteiger partial charge in [0.1, 0.15) is 0 Å². The van der Waals surface area contributed by atoms with Gasteiger partial charge in [-0.1, -0.05) is 12.1 Å². The molecule has 0 unspecified atom stereocenters. The van der Waals surface area contributed by atoms with Gasteiger partial charge in [0.2, 0.25) is 5.91 Å². The Kier molecular flexibility index (Phi) is 2.94. The van der Waals surface area contributed by atoms with E-state index in [9.17, 15) is 4.79 Å². The second-order valence-corrected chi connectivity index (χ2v) is 3.26. The van der Waals surface area contributed by atoms with Crippen LogP contribution in [0.25, 0.3) is 0 Å². The first kappa shape index (κ1) is 10.1. The van der Waals surface area contributed by atoms with Crippen molar-refractivity contribution < 1.29 is 4.79 Å². The minimum absolute atomic E-state index is 0. The molecule has 0 radical (unpaired) electrons. The van der Waals surface area contributed by atoms with E-state index in [1.165, 1.54) is 18.4 Å². The van der Waals surface area contributed by atoms with Crippen molar-refractivity contribution in [2.24, 2.45) is 5.73 Å². The lowest BCUT2D eigenvalue weighted by Crippen LogP contribution is -2.10. The Balaban J connectivity index is 0.000000845. The molecule has 0 spiro atoms. The van der Waals surface area contributed by atoms with Gasteiger partial charge >= 0.3 is 0 Å². The van der Waals surface area contributed by atoms with E-state index in [-0.39, 0.29) is 18.3 Å². The zero-order valence-electron chi connectivity index (χ0n) is 7.19. The molecule has 70 valence electrons. The van der Waals surface area contributed by atoms with E-state index >= 15 is 0 Å². The molecule has 0 saturated heterocycles. The second kappa shape index (κ2) is 3.79. The number of rotatable bonds is 2. The average Bonchev–Trinajstić information content (AvgIpc) is 2.87. The molecule has 1 aromatic rings. The van der Waals surface area contributed by atoms with Crippen LogP contribution in [0.2, 0.25) is 0 Å². The lowest BCUT2D eigenvalue weighted by atomic mass is 10.1. The minimum atomic E-state index is -0.350. The van der Waals surface area contributed by atoms with Gasteiger partial charge in [-0.3, -0.25) is 4.79 Å². The van der Waals surface area contributed by atoms with Gasteiger partial charge in [-0.25, -0.2) is 0 Å². The van der Waals surface area contributed by atoms with Gasteiger partial charge in [-0.2, -0.15) is 0 Å². The molecule has 0 bridgehead atoms. The molecule has 1 fully saturated rings. The SMILES string of the molecule is Cl.NC(=O)c1ccc(C2CC2)cc1. The van der Waals surface area contributed by atoms with Crippen LogP contribution in [0.4, 0.5) is 0 Å². The van der Waals surface area contributed by atoms with Gasteiger partial charge in [0, 0.05) is 5.56 Å². The van der Waals surface area contributed by atoms with Crippen LogP contribution in [0, 0.1) is 0 Å². The molecule has 0 aromatic heterocycles. The van der Waals surface area contributed by atoms with Crippen LogP contribution in [0.5, 0.6) is 0 Å². The predicted molar refractivity (Wildman–Crippen MR) is 54.2 cm³/mol. The first-order valence-electron chi connectivity index (χ1n) is 4.17. The largest absolute Gasteiger partial charge is 0.366 e. The molecule has 1 aliphatic carbocycles. The van der Waals surface area contributed by atoms with Crippen LogP contribution >= 0.6 is 12.4 Å². The molecular formula is C10H12ClNO. The summed E-state index contributed by atoms with van der Waals surface area (Å²) in [5, 5.41) is 0. The normalized spacial score (nSPS) is 14.8. The molecule has 0 atom stereocenters. The molecule has 1 amide bonds. The number of benzene rings is 1. The number of amides is 1. The number of carbonyl (C=O) groups is 1. The van der Waals surface area contributed by atoms with E-state index in [2.05, 4.69) is 0 Å². The molecule has 1 aliphatic rings. The fraction of sp³-hybridized carbons (Fsp3) is 0.300. The summed E-state index contributed by atoms with van der Waals surface area (Å²) in [5.74, 6) is 0.393. The number of nitrogens with two attached hydrogens (primary N) is 1. The van der Waals surface area contributed by atoms with Crippen molar-refractivity contribution in [3.63, 3.8) is 0 Å². The van der Waals surface area contributed by atoms with E-state index in [0.717, 1.165) is 5.92 Å². The summed E-state index contributed by atoms with van der Waals surface area (Å²) in [6, 6.07) is 7.60. The van der Waals surface area contributed by atoms with Crippen molar-refractivity contribution in [1.29, 1.82) is 0 Å². The number of hydrogen-bond donors (Lipinski definition) is 1. The highest BCUT2D eigenvalue weighted by atomic mass is 35.5. The monoisotopic (exact) mass is 197 g/mol. The van der Waals surface area contributed by atoms with Crippen LogP contribution in [-0.4, -0.2) is 5.91 Å². The third-order valence-electron chi connectivity index (χ3n) is 2.24. The molecule has 0 heterocycles. The lowest BCUT2D eigenvalue weighted by Gasteiger charge is -1.98. The standard InChI is InChI=1S/C10H11NO.ClH/c11-10(12)9-5-3-8(4-6-9)7-1-2-7;/h3-7H,1-2H2,(H2,11,12);1H. The summed E-state index contributed by atoms with van der Waals surface area (Å²) in [6.45, 7) is 0. The van der Waals surface area contributed by atoms with E-state index in [1.807, 2.05) is 12.1 Å². The molecule has 2 rings (SSSR count). The summed E-state index contributed by atoms with van der Waals surface area (Å²) in [7, 11) is 0. The zero-order chi connectivity index (χ0) is 8.55. The van der Waals surface area contributed by atoms with Crippen molar-refractivity contribution in [1.82, 2.24) is 0 Å². The Morgan fingerprint density at radius 3 is 2.15 bits per heavy atom. The van der Waals surface area contributed by atoms with Crippen LogP contribution < -0.4 is 5.73 Å². The fourth-order valence-corrected chi connectivity index (χ4v) is 1.34. The van der Waals surface area contributed by atoms with Crippen LogP contribution in [0.3, 0.4) is 0 Å². The highest BCUT2D eigenvalue weighted by molar-refractivity contribution is 5.92. The Labute approximate surface area is 83.5 Å². The van der Waals surface area contributed by atoms with Crippen LogP contribution in [-0.2, 0) is 0 Å². The summed E-state index contributed by atoms with van der Waals surface area (Å²) < 4.78 is 0. The summed E-state index contributed by atoms with van der Waals surface area (Å²) >= 11 is 0. The second-order valence-electron chi connectivity index (χ2n) is 3.26. The van der Waals surface area contributed by atoms with Crippen LogP contribution in [0.1, 0.15) is 34.7 Å². The molecular weight excluding hydrogens is 186 g/mol. The van der Waals surface area contributed by atoms with Gasteiger partial charge in [0.05, 0.1) is 0 Å². The maximum atomic E-state index is 10.7. The van der Waals surface area contributed by atoms with Gasteiger partial charge in [0.15, 0.2) is 0 Å². The van der Waals surface area contributed by atoms with E-state index in [4.69, 9.17) is 5.73 Å². The van der Waals surface area contributed by atoms with Gasteiger partial charge < -0.3 is 5.73 Å². The first-order valence-corrected chi connectivity index (χ1v) is 4.17. The van der Waals surface area contributed by atoms with E-state index in [1.54, 1.807) is 12.1 Å². The highest BCUT2D eigenvalue weighted by Gasteiger charge is 2.22. The Morgan fingerprint density at radius 1 is 1.23 bits per heavy atom. The summed E-state index contributed by atoms with van der Waals surface area (Å²) in [6.07, 6.45) is 2.58. The number of primary amides is 1. The van der Waals surface area contributed by atoms with E-state index in [0.29, 0.717) is 5.56 Å². The molecule has 2 nitrogen and oxygen atoms in total. The third kappa shape index (κ3) is 2.22. The fourth-order valence-electron chi connectivity index (χ4n) is 1.34. The molecule has 13 heavy (non-hydrogen) atoms. The predicted octanol–water partition coefficient (Wildman–Crippen LogP) is 2.08. The summed E-state index contributed by atoms with van der Waals surface area (Å²) in [4.78, 5) is 10.7. The Morgan fingerprint density at radius 2 is 1.77 bits per heavy atom. The molecule has 1 saturated carbocycles. The number of halogens is 1. The minimum Gasteiger partial charge on any atom is -0.366 e. The van der Waals surface area contributed by atoms with E-state index < -0.39 is 0 Å². The molecule has 1 aromatic carbocycles. The Bertz CT molecular complexity index is 303. The van der Waals surface area contributed by atoms with Gasteiger partial charge in [-0.05, 0) is 36.5 Å². The maximum absolute atomic E-state index is 10.7.